The minimum atomic E-state index is -0.395. The number of benzene rings is 1. The van der Waals surface area contributed by atoms with Crippen LogP contribution in [0.3, 0.4) is 0 Å². The van der Waals surface area contributed by atoms with Gasteiger partial charge < -0.3 is 20.3 Å². The van der Waals surface area contributed by atoms with Gasteiger partial charge in [-0.15, -0.1) is 0 Å². The second kappa shape index (κ2) is 9.39. The molecule has 1 atom stereocenters. The minimum absolute atomic E-state index is 0.245. The molecule has 0 unspecified atom stereocenters. The Kier molecular flexibility index (Phi) is 7.21. The molecular formula is C18H28N4O3. The first kappa shape index (κ1) is 19.2. The first-order valence-corrected chi connectivity index (χ1v) is 8.73. The quantitative estimate of drug-likeness (QED) is 0.764. The summed E-state index contributed by atoms with van der Waals surface area (Å²) in [5.41, 5.74) is 1.09. The van der Waals surface area contributed by atoms with Gasteiger partial charge in [-0.05, 0) is 37.7 Å². The molecule has 0 aliphatic carbocycles. The van der Waals surface area contributed by atoms with Gasteiger partial charge >= 0.3 is 12.0 Å². The number of rotatable bonds is 6. The Morgan fingerprint density at radius 1 is 1.16 bits per heavy atom. The van der Waals surface area contributed by atoms with E-state index in [1.165, 1.54) is 7.11 Å². The van der Waals surface area contributed by atoms with Crippen molar-refractivity contribution in [3.05, 3.63) is 29.8 Å². The van der Waals surface area contributed by atoms with E-state index in [0.29, 0.717) is 23.8 Å². The van der Waals surface area contributed by atoms with Crippen LogP contribution in [-0.2, 0) is 4.74 Å². The largest absolute Gasteiger partial charge is 0.465 e. The van der Waals surface area contributed by atoms with Crippen molar-refractivity contribution in [3.8, 4) is 0 Å². The van der Waals surface area contributed by atoms with Crippen LogP contribution in [-0.4, -0.2) is 74.2 Å². The van der Waals surface area contributed by atoms with Gasteiger partial charge in [-0.3, -0.25) is 4.90 Å². The number of hydrogen-bond donors (Lipinski definition) is 2. The summed E-state index contributed by atoms with van der Waals surface area (Å²) < 4.78 is 4.65. The van der Waals surface area contributed by atoms with E-state index in [4.69, 9.17) is 0 Å². The second-order valence-corrected chi connectivity index (χ2v) is 6.22. The number of hydrogen-bond acceptors (Lipinski definition) is 5. The molecule has 0 spiro atoms. The Morgan fingerprint density at radius 2 is 1.80 bits per heavy atom. The van der Waals surface area contributed by atoms with Crippen molar-refractivity contribution in [1.29, 1.82) is 0 Å². The summed E-state index contributed by atoms with van der Waals surface area (Å²) in [7, 11) is 1.34. The molecule has 1 aromatic carbocycles. The van der Waals surface area contributed by atoms with Gasteiger partial charge in [0.05, 0.1) is 12.7 Å². The number of methoxy groups -OCH3 is 1. The number of ether oxygens (including phenoxy) is 1. The van der Waals surface area contributed by atoms with Crippen molar-refractivity contribution >= 4 is 17.7 Å². The Balaban J connectivity index is 1.74. The number of anilines is 1. The van der Waals surface area contributed by atoms with E-state index >= 15 is 0 Å². The monoisotopic (exact) mass is 348 g/mol. The third-order valence-corrected chi connectivity index (χ3v) is 4.60. The van der Waals surface area contributed by atoms with Crippen LogP contribution in [0, 0.1) is 0 Å². The van der Waals surface area contributed by atoms with E-state index in [9.17, 15) is 9.59 Å². The molecule has 2 N–H and O–H groups in total. The number of nitrogens with one attached hydrogen (secondary N) is 2. The van der Waals surface area contributed by atoms with Crippen LogP contribution in [0.15, 0.2) is 24.3 Å². The summed E-state index contributed by atoms with van der Waals surface area (Å²) in [6, 6.07) is 6.66. The first-order valence-electron chi connectivity index (χ1n) is 8.73. The van der Waals surface area contributed by atoms with E-state index in [2.05, 4.69) is 39.0 Å². The molecule has 1 saturated heterocycles. The fourth-order valence-corrected chi connectivity index (χ4v) is 2.87. The highest BCUT2D eigenvalue weighted by atomic mass is 16.5. The number of urea groups is 1. The molecule has 0 saturated carbocycles. The van der Waals surface area contributed by atoms with Crippen LogP contribution in [0.25, 0.3) is 0 Å². The fraction of sp³-hybridized carbons (Fsp3) is 0.556. The van der Waals surface area contributed by atoms with Gasteiger partial charge in [0.15, 0.2) is 0 Å². The lowest BCUT2D eigenvalue weighted by atomic mass is 10.2. The highest BCUT2D eigenvalue weighted by Gasteiger charge is 2.20. The molecule has 7 heteroatoms. The van der Waals surface area contributed by atoms with Crippen molar-refractivity contribution in [1.82, 2.24) is 15.1 Å². The molecule has 2 rings (SSSR count). The molecule has 0 bridgehead atoms. The average molecular weight is 348 g/mol. The normalized spacial score (nSPS) is 16.9. The number of carbonyl (C=O) groups is 2. The zero-order chi connectivity index (χ0) is 18.2. The van der Waals surface area contributed by atoms with Crippen LogP contribution in [0.2, 0.25) is 0 Å². The fourth-order valence-electron chi connectivity index (χ4n) is 2.87. The Labute approximate surface area is 149 Å². The van der Waals surface area contributed by atoms with E-state index in [-0.39, 0.29) is 6.03 Å². The molecule has 1 aromatic rings. The summed E-state index contributed by atoms with van der Waals surface area (Å²) in [5, 5.41) is 5.68. The number of esters is 1. The maximum Gasteiger partial charge on any atom is 0.337 e. The zero-order valence-electron chi connectivity index (χ0n) is 15.2. The molecule has 1 aliphatic heterocycles. The van der Waals surface area contributed by atoms with Gasteiger partial charge in [-0.25, -0.2) is 9.59 Å². The topological polar surface area (TPSA) is 73.9 Å². The van der Waals surface area contributed by atoms with Gasteiger partial charge in [0.25, 0.3) is 0 Å². The lowest BCUT2D eigenvalue weighted by molar-refractivity contribution is 0.0600. The lowest BCUT2D eigenvalue weighted by Crippen LogP contribution is -2.52. The van der Waals surface area contributed by atoms with Gasteiger partial charge in [0.2, 0.25) is 0 Å². The Morgan fingerprint density at radius 3 is 2.36 bits per heavy atom. The predicted octanol–water partition coefficient (Wildman–Crippen LogP) is 1.62. The van der Waals surface area contributed by atoms with E-state index < -0.39 is 5.97 Å². The maximum atomic E-state index is 12.0. The third kappa shape index (κ3) is 5.72. The molecule has 1 aliphatic rings. The highest BCUT2D eigenvalue weighted by molar-refractivity contribution is 5.92. The minimum Gasteiger partial charge on any atom is -0.465 e. The molecule has 138 valence electrons. The number of carbonyl (C=O) groups excluding carboxylic acids is 2. The molecular weight excluding hydrogens is 320 g/mol. The number of nitrogens with zero attached hydrogens (tertiary/aromatic N) is 2. The van der Waals surface area contributed by atoms with Crippen molar-refractivity contribution in [2.75, 3.05) is 51.7 Å². The summed E-state index contributed by atoms with van der Waals surface area (Å²) >= 11 is 0. The maximum absolute atomic E-state index is 12.0. The van der Waals surface area contributed by atoms with Crippen LogP contribution in [0.4, 0.5) is 10.5 Å². The number of piperazine rings is 1. The molecule has 25 heavy (non-hydrogen) atoms. The van der Waals surface area contributed by atoms with Crippen molar-refractivity contribution in [3.63, 3.8) is 0 Å². The van der Waals surface area contributed by atoms with Crippen LogP contribution < -0.4 is 10.6 Å². The summed E-state index contributed by atoms with van der Waals surface area (Å²) in [4.78, 5) is 28.2. The number of amides is 2. The molecule has 2 amide bonds. The summed E-state index contributed by atoms with van der Waals surface area (Å²) in [5.74, 6) is -0.395. The lowest BCUT2D eigenvalue weighted by Gasteiger charge is -2.37. The van der Waals surface area contributed by atoms with Crippen LogP contribution in [0.5, 0.6) is 0 Å². The van der Waals surface area contributed by atoms with Crippen molar-refractivity contribution < 1.29 is 14.3 Å². The van der Waals surface area contributed by atoms with Gasteiger partial charge in [-0.2, -0.15) is 0 Å². The van der Waals surface area contributed by atoms with Crippen LogP contribution >= 0.6 is 0 Å². The van der Waals surface area contributed by atoms with E-state index in [1.54, 1.807) is 24.3 Å². The van der Waals surface area contributed by atoms with Gasteiger partial charge in [0, 0.05) is 44.5 Å². The standard InChI is InChI=1S/C18H28N4O3/c1-4-21-9-11-22(12-10-21)14(2)13-19-18(24)20-16-7-5-15(6-8-16)17(23)25-3/h5-8,14H,4,9-13H2,1-3H3,(H2,19,20,24)/t14-/m1/s1. The third-order valence-electron chi connectivity index (χ3n) is 4.60. The summed E-state index contributed by atoms with van der Waals surface area (Å²) in [6.07, 6.45) is 0. The summed E-state index contributed by atoms with van der Waals surface area (Å²) in [6.45, 7) is 10.2. The first-order chi connectivity index (χ1) is 12.0. The Hall–Kier alpha value is -2.12. The molecule has 1 heterocycles. The van der Waals surface area contributed by atoms with Gasteiger partial charge in [-0.1, -0.05) is 6.92 Å². The Bertz CT molecular complexity index is 568. The molecule has 7 nitrogen and oxygen atoms in total. The second-order valence-electron chi connectivity index (χ2n) is 6.22. The molecule has 0 aromatic heterocycles. The molecule has 0 radical (unpaired) electrons. The van der Waals surface area contributed by atoms with Crippen LogP contribution in [0.1, 0.15) is 24.2 Å². The zero-order valence-corrected chi connectivity index (χ0v) is 15.2. The highest BCUT2D eigenvalue weighted by Crippen LogP contribution is 2.10. The number of likely N-dealkylation sites (N-methyl/N-ethyl adjacent to an activating group) is 1. The molecule has 1 fully saturated rings. The van der Waals surface area contributed by atoms with Gasteiger partial charge in [0.1, 0.15) is 0 Å². The van der Waals surface area contributed by atoms with Crippen molar-refractivity contribution in [2.24, 2.45) is 0 Å². The SMILES string of the molecule is CCN1CCN([C@H](C)CNC(=O)Nc2ccc(C(=O)OC)cc2)CC1. The van der Waals surface area contributed by atoms with E-state index in [1.807, 2.05) is 0 Å². The average Bonchev–Trinajstić information content (AvgIpc) is 2.66. The smallest absolute Gasteiger partial charge is 0.337 e. The van der Waals surface area contributed by atoms with E-state index in [0.717, 1.165) is 32.7 Å². The van der Waals surface area contributed by atoms with Crippen molar-refractivity contribution in [2.45, 2.75) is 19.9 Å². The predicted molar refractivity (Wildman–Crippen MR) is 98.0 cm³/mol.